The minimum absolute atomic E-state index is 0.0323. The highest BCUT2D eigenvalue weighted by Crippen LogP contribution is 2.19. The molecule has 0 aliphatic rings. The van der Waals surface area contributed by atoms with Gasteiger partial charge in [0.25, 0.3) is 0 Å². The lowest BCUT2D eigenvalue weighted by molar-refractivity contribution is -0.136. The van der Waals surface area contributed by atoms with Gasteiger partial charge in [-0.15, -0.1) is 0 Å². The lowest BCUT2D eigenvalue weighted by Crippen LogP contribution is -2.39. The molecule has 0 aromatic heterocycles. The van der Waals surface area contributed by atoms with Gasteiger partial charge in [-0.25, -0.2) is 0 Å². The van der Waals surface area contributed by atoms with Gasteiger partial charge in [0.2, 0.25) is 5.91 Å². The number of carbonyl (C=O) groups is 3. The van der Waals surface area contributed by atoms with Gasteiger partial charge >= 0.3 is 0 Å². The smallest absolute Gasteiger partial charge is 0.223 e. The van der Waals surface area contributed by atoms with Crippen molar-refractivity contribution in [1.82, 2.24) is 4.90 Å². The molecule has 0 saturated heterocycles. The van der Waals surface area contributed by atoms with Crippen LogP contribution in [0.4, 0.5) is 0 Å². The van der Waals surface area contributed by atoms with Crippen molar-refractivity contribution in [2.45, 2.75) is 142 Å². The maximum atomic E-state index is 12.7. The molecule has 0 unspecified atom stereocenters. The first-order valence-corrected chi connectivity index (χ1v) is 15.1. The van der Waals surface area contributed by atoms with Crippen molar-refractivity contribution in [3.05, 3.63) is 0 Å². The van der Waals surface area contributed by atoms with Crippen molar-refractivity contribution in [2.24, 2.45) is 17.4 Å². The first-order valence-electron chi connectivity index (χ1n) is 15.1. The maximum absolute atomic E-state index is 12.7. The van der Waals surface area contributed by atoms with Crippen LogP contribution in [0.15, 0.2) is 0 Å². The highest BCUT2D eigenvalue weighted by atomic mass is 16.2. The lowest BCUT2D eigenvalue weighted by Gasteiger charge is -2.27. The van der Waals surface area contributed by atoms with Gasteiger partial charge < -0.3 is 16.4 Å². The first kappa shape index (κ1) is 34.7. The fourth-order valence-electron chi connectivity index (χ4n) is 4.85. The number of carbonyl (C=O) groups excluding carboxylic acids is 3. The standard InChI is InChI=1S/C30H59N3O3/c1-3-4-5-6-7-8-9-10-11-12-13-14-15-20-29(35)24-28(19-16-17-22-31)26-33(25-27(2)34)30(36)21-18-23-32/h28H,3-26,31-32H2,1-2H3/t28-/m1/s1. The van der Waals surface area contributed by atoms with Crippen LogP contribution in [0, 0.1) is 5.92 Å². The highest BCUT2D eigenvalue weighted by Gasteiger charge is 2.22. The molecular weight excluding hydrogens is 450 g/mol. The monoisotopic (exact) mass is 509 g/mol. The highest BCUT2D eigenvalue weighted by molar-refractivity contribution is 5.84. The summed E-state index contributed by atoms with van der Waals surface area (Å²) < 4.78 is 0. The average Bonchev–Trinajstić information content (AvgIpc) is 2.84. The molecule has 212 valence electrons. The van der Waals surface area contributed by atoms with Crippen LogP contribution in [0.1, 0.15) is 142 Å². The van der Waals surface area contributed by atoms with E-state index in [1.54, 1.807) is 4.90 Å². The molecule has 4 N–H and O–H groups in total. The van der Waals surface area contributed by atoms with E-state index >= 15 is 0 Å². The molecule has 0 radical (unpaired) electrons. The summed E-state index contributed by atoms with van der Waals surface area (Å²) in [6.45, 7) is 5.44. The Morgan fingerprint density at radius 3 is 1.69 bits per heavy atom. The molecule has 0 heterocycles. The fourth-order valence-corrected chi connectivity index (χ4v) is 4.85. The SMILES string of the molecule is CCCCCCCCCCCCCCCC(=O)C[C@@H](CCCCN)CN(CC(C)=O)C(=O)CCCN. The Bertz CT molecular complexity index is 554. The topological polar surface area (TPSA) is 106 Å². The van der Waals surface area contributed by atoms with Crippen LogP contribution in [-0.4, -0.2) is 48.6 Å². The Hall–Kier alpha value is -1.27. The van der Waals surface area contributed by atoms with Crippen LogP contribution in [0.2, 0.25) is 0 Å². The Balaban J connectivity index is 4.25. The molecule has 0 bridgehead atoms. The number of hydrogen-bond donors (Lipinski definition) is 2. The third kappa shape index (κ3) is 22.0. The normalized spacial score (nSPS) is 12.0. The van der Waals surface area contributed by atoms with Gasteiger partial charge in [0.05, 0.1) is 6.54 Å². The van der Waals surface area contributed by atoms with Crippen LogP contribution >= 0.6 is 0 Å². The number of ketones is 2. The van der Waals surface area contributed by atoms with Crippen molar-refractivity contribution in [1.29, 1.82) is 0 Å². The van der Waals surface area contributed by atoms with Crippen molar-refractivity contribution < 1.29 is 14.4 Å². The average molecular weight is 510 g/mol. The number of nitrogens with zero attached hydrogens (tertiary/aromatic N) is 1. The summed E-state index contributed by atoms with van der Waals surface area (Å²) in [6.07, 6.45) is 21.7. The molecule has 0 fully saturated rings. The fraction of sp³-hybridized carbons (Fsp3) is 0.900. The van der Waals surface area contributed by atoms with Gasteiger partial charge in [-0.1, -0.05) is 90.4 Å². The van der Waals surface area contributed by atoms with Crippen molar-refractivity contribution >= 4 is 17.5 Å². The molecule has 0 aliphatic carbocycles. The number of nitrogens with two attached hydrogens (primary N) is 2. The van der Waals surface area contributed by atoms with Crippen LogP contribution in [0.25, 0.3) is 0 Å². The zero-order chi connectivity index (χ0) is 26.9. The van der Waals surface area contributed by atoms with E-state index in [0.717, 1.165) is 32.1 Å². The third-order valence-electron chi connectivity index (χ3n) is 6.98. The number of unbranched alkanes of at least 4 members (excludes halogenated alkanes) is 13. The third-order valence-corrected chi connectivity index (χ3v) is 6.98. The minimum atomic E-state index is -0.0385. The number of amides is 1. The molecule has 0 saturated carbocycles. The van der Waals surface area contributed by atoms with Crippen molar-refractivity contribution in [3.63, 3.8) is 0 Å². The summed E-state index contributed by atoms with van der Waals surface area (Å²) in [7, 11) is 0. The number of rotatable bonds is 27. The molecule has 6 nitrogen and oxygen atoms in total. The molecule has 0 aromatic carbocycles. The van der Waals surface area contributed by atoms with Crippen molar-refractivity contribution in [3.8, 4) is 0 Å². The van der Waals surface area contributed by atoms with Crippen LogP contribution in [-0.2, 0) is 14.4 Å². The zero-order valence-electron chi connectivity index (χ0n) is 23.9. The molecule has 0 spiro atoms. The van der Waals surface area contributed by atoms with E-state index in [2.05, 4.69) is 6.92 Å². The Labute approximate surface area is 222 Å². The van der Waals surface area contributed by atoms with E-state index in [1.807, 2.05) is 0 Å². The minimum Gasteiger partial charge on any atom is -0.335 e. The molecule has 0 aliphatic heterocycles. The molecule has 0 aromatic rings. The zero-order valence-corrected chi connectivity index (χ0v) is 23.9. The molecule has 36 heavy (non-hydrogen) atoms. The number of Topliss-reactive ketones (excluding diaryl/α,β-unsaturated/α-hetero) is 2. The van der Waals surface area contributed by atoms with Crippen LogP contribution in [0.5, 0.6) is 0 Å². The van der Waals surface area contributed by atoms with E-state index < -0.39 is 0 Å². The molecule has 0 rings (SSSR count). The van der Waals surface area contributed by atoms with Gasteiger partial charge in [0, 0.05) is 25.8 Å². The summed E-state index contributed by atoms with van der Waals surface area (Å²) in [4.78, 5) is 38.7. The summed E-state index contributed by atoms with van der Waals surface area (Å²) in [5.41, 5.74) is 11.2. The van der Waals surface area contributed by atoms with E-state index in [0.29, 0.717) is 45.3 Å². The second-order valence-electron chi connectivity index (χ2n) is 10.8. The second kappa shape index (κ2) is 25.4. The van der Waals surface area contributed by atoms with E-state index in [9.17, 15) is 14.4 Å². The van der Waals surface area contributed by atoms with E-state index in [1.165, 1.54) is 77.6 Å². The Morgan fingerprint density at radius 2 is 1.19 bits per heavy atom. The summed E-state index contributed by atoms with van der Waals surface area (Å²) in [6, 6.07) is 0. The van der Waals surface area contributed by atoms with Crippen molar-refractivity contribution in [2.75, 3.05) is 26.2 Å². The quantitative estimate of drug-likeness (QED) is 0.126. The summed E-state index contributed by atoms with van der Waals surface area (Å²) in [5, 5.41) is 0. The maximum Gasteiger partial charge on any atom is 0.223 e. The van der Waals surface area contributed by atoms with E-state index in [4.69, 9.17) is 11.5 Å². The Kier molecular flexibility index (Phi) is 24.5. The molecule has 1 amide bonds. The van der Waals surface area contributed by atoms with Crippen LogP contribution < -0.4 is 11.5 Å². The van der Waals surface area contributed by atoms with E-state index in [-0.39, 0.29) is 29.9 Å². The van der Waals surface area contributed by atoms with Gasteiger partial charge in [0.1, 0.15) is 11.6 Å². The van der Waals surface area contributed by atoms with Gasteiger partial charge in [-0.05, 0) is 51.6 Å². The predicted octanol–water partition coefficient (Wildman–Crippen LogP) is 6.33. The number of hydrogen-bond acceptors (Lipinski definition) is 5. The first-order chi connectivity index (χ1) is 17.4. The molecule has 1 atom stereocenters. The van der Waals surface area contributed by atoms with Crippen LogP contribution in [0.3, 0.4) is 0 Å². The summed E-state index contributed by atoms with van der Waals surface area (Å²) >= 11 is 0. The largest absolute Gasteiger partial charge is 0.335 e. The van der Waals surface area contributed by atoms with Gasteiger partial charge in [-0.2, -0.15) is 0 Å². The predicted molar refractivity (Wildman–Crippen MR) is 152 cm³/mol. The Morgan fingerprint density at radius 1 is 0.667 bits per heavy atom. The second-order valence-corrected chi connectivity index (χ2v) is 10.8. The lowest BCUT2D eigenvalue weighted by atomic mass is 9.93. The summed E-state index contributed by atoms with van der Waals surface area (Å²) in [5.74, 6) is 0.304. The van der Waals surface area contributed by atoms with Gasteiger partial charge in [0.15, 0.2) is 0 Å². The molecular formula is C30H59N3O3. The molecule has 6 heteroatoms. The van der Waals surface area contributed by atoms with Gasteiger partial charge in [-0.3, -0.25) is 14.4 Å².